The normalized spacial score (nSPS) is 17.2. The van der Waals surface area contributed by atoms with Crippen LogP contribution in [-0.4, -0.2) is 34.1 Å². The average Bonchev–Trinajstić information content (AvgIpc) is 2.74. The van der Waals surface area contributed by atoms with Gasteiger partial charge in [-0.3, -0.25) is 4.79 Å². The highest BCUT2D eigenvalue weighted by molar-refractivity contribution is 8.17. The van der Waals surface area contributed by atoms with Gasteiger partial charge in [0.15, 0.2) is 5.78 Å². The second kappa shape index (κ2) is 11.7. The molecule has 0 aliphatic carbocycles. The fourth-order valence-electron chi connectivity index (χ4n) is 3.17. The number of ether oxygens (including phenoxy) is 2. The van der Waals surface area contributed by atoms with Crippen molar-refractivity contribution in [1.82, 2.24) is 0 Å². The van der Waals surface area contributed by atoms with Gasteiger partial charge in [0.05, 0.1) is 23.9 Å². The summed E-state index contributed by atoms with van der Waals surface area (Å²) < 4.78 is 12.8. The Labute approximate surface area is 176 Å². The largest absolute Gasteiger partial charge is 0.370 e. The monoisotopic (exact) mass is 416 g/mol. The molecule has 5 heteroatoms. The van der Waals surface area contributed by atoms with Crippen LogP contribution >= 0.6 is 23.5 Å². The van der Waals surface area contributed by atoms with E-state index in [0.29, 0.717) is 17.8 Å². The van der Waals surface area contributed by atoms with Crippen molar-refractivity contribution in [2.45, 2.75) is 49.8 Å². The summed E-state index contributed by atoms with van der Waals surface area (Å²) in [5, 5.41) is 0. The number of Topliss-reactive ketones (excluding diaryl/α,β-unsaturated/α-hetero) is 1. The van der Waals surface area contributed by atoms with E-state index in [1.165, 1.54) is 17.9 Å². The van der Waals surface area contributed by atoms with Gasteiger partial charge in [-0.1, -0.05) is 60.7 Å². The molecule has 1 fully saturated rings. The van der Waals surface area contributed by atoms with Gasteiger partial charge in [0.1, 0.15) is 6.10 Å². The van der Waals surface area contributed by atoms with Crippen LogP contribution in [0.25, 0.3) is 0 Å². The van der Waals surface area contributed by atoms with Gasteiger partial charge in [-0.25, -0.2) is 0 Å². The third-order valence-corrected chi connectivity index (χ3v) is 7.63. The van der Waals surface area contributed by atoms with E-state index in [1.807, 2.05) is 72.1 Å². The van der Waals surface area contributed by atoms with Crippen LogP contribution in [-0.2, 0) is 27.5 Å². The zero-order valence-corrected chi connectivity index (χ0v) is 17.9. The van der Waals surface area contributed by atoms with Gasteiger partial charge in [0.2, 0.25) is 0 Å². The molecule has 3 nitrogen and oxygen atoms in total. The van der Waals surface area contributed by atoms with Crippen LogP contribution in [0.2, 0.25) is 0 Å². The summed E-state index contributed by atoms with van der Waals surface area (Å²) in [4.78, 5) is 12.4. The zero-order valence-electron chi connectivity index (χ0n) is 16.3. The Hall–Kier alpha value is -1.27. The van der Waals surface area contributed by atoms with Gasteiger partial charge in [0, 0.05) is 0 Å². The number of benzene rings is 2. The predicted molar refractivity (Wildman–Crippen MR) is 119 cm³/mol. The smallest absolute Gasteiger partial charge is 0.161 e. The lowest BCUT2D eigenvalue weighted by atomic mass is 10.1. The number of carbonyl (C=O) groups excluding carboxylic acids is 1. The van der Waals surface area contributed by atoms with Gasteiger partial charge in [0.25, 0.3) is 0 Å². The number of hydrogen-bond donors (Lipinski definition) is 0. The maximum atomic E-state index is 12.4. The molecule has 1 aliphatic rings. The van der Waals surface area contributed by atoms with Gasteiger partial charge >= 0.3 is 0 Å². The lowest BCUT2D eigenvalue weighted by Crippen LogP contribution is -2.39. The van der Waals surface area contributed by atoms with E-state index < -0.39 is 6.10 Å². The topological polar surface area (TPSA) is 35.5 Å². The Balaban J connectivity index is 1.67. The highest BCUT2D eigenvalue weighted by atomic mass is 32.2. The van der Waals surface area contributed by atoms with Crippen molar-refractivity contribution in [2.75, 3.05) is 11.5 Å². The lowest BCUT2D eigenvalue weighted by Gasteiger charge is -2.30. The minimum Gasteiger partial charge on any atom is -0.370 e. The molecule has 2 aromatic rings. The molecule has 150 valence electrons. The molecule has 2 aromatic carbocycles. The fraction of sp³-hybridized carbons (Fsp3) is 0.435. The third kappa shape index (κ3) is 6.96. The van der Waals surface area contributed by atoms with Gasteiger partial charge in [-0.05, 0) is 42.4 Å². The van der Waals surface area contributed by atoms with Crippen molar-refractivity contribution >= 4 is 29.3 Å². The summed E-state index contributed by atoms with van der Waals surface area (Å²) in [6.45, 7) is 2.52. The van der Waals surface area contributed by atoms with Crippen molar-refractivity contribution in [3.8, 4) is 0 Å². The van der Waals surface area contributed by atoms with Crippen LogP contribution in [0.3, 0.4) is 0 Å². The van der Waals surface area contributed by atoms with E-state index in [1.54, 1.807) is 6.92 Å². The summed E-state index contributed by atoms with van der Waals surface area (Å²) in [6, 6.07) is 20.1. The van der Waals surface area contributed by atoms with E-state index in [4.69, 9.17) is 9.47 Å². The van der Waals surface area contributed by atoms with E-state index in [-0.39, 0.29) is 11.9 Å². The Kier molecular flexibility index (Phi) is 8.93. The molecule has 0 spiro atoms. The second-order valence-corrected chi connectivity index (χ2v) is 9.84. The molecule has 1 heterocycles. The van der Waals surface area contributed by atoms with Gasteiger partial charge in [-0.15, -0.1) is 23.5 Å². The molecule has 2 atom stereocenters. The number of rotatable bonds is 10. The van der Waals surface area contributed by atoms with E-state index in [0.717, 1.165) is 17.5 Å². The maximum absolute atomic E-state index is 12.4. The number of carbonyl (C=O) groups is 1. The van der Waals surface area contributed by atoms with Gasteiger partial charge < -0.3 is 9.47 Å². The second-order valence-electron chi connectivity index (χ2n) is 6.92. The van der Waals surface area contributed by atoms with Crippen LogP contribution < -0.4 is 0 Å². The summed E-state index contributed by atoms with van der Waals surface area (Å²) in [5.41, 5.74) is 2.18. The minimum atomic E-state index is -0.549. The molecular weight excluding hydrogens is 388 g/mol. The molecule has 1 saturated heterocycles. The average molecular weight is 417 g/mol. The molecule has 0 bridgehead atoms. The first-order valence-corrected chi connectivity index (χ1v) is 11.9. The molecule has 28 heavy (non-hydrogen) atoms. The summed E-state index contributed by atoms with van der Waals surface area (Å²) in [6.07, 6.45) is 1.28. The molecular formula is C23H28O3S2. The molecule has 0 radical (unpaired) electrons. The summed E-state index contributed by atoms with van der Waals surface area (Å²) in [5.74, 6) is 2.39. The van der Waals surface area contributed by atoms with Crippen molar-refractivity contribution in [2.24, 2.45) is 0 Å². The van der Waals surface area contributed by atoms with Crippen molar-refractivity contribution in [3.05, 3.63) is 71.8 Å². The number of thioether (sulfide) groups is 2. The first-order chi connectivity index (χ1) is 13.7. The molecule has 0 aromatic heterocycles. The maximum Gasteiger partial charge on any atom is 0.161 e. The summed E-state index contributed by atoms with van der Waals surface area (Å²) in [7, 11) is 0. The first-order valence-electron chi connectivity index (χ1n) is 9.77. The Morgan fingerprint density at radius 2 is 1.46 bits per heavy atom. The van der Waals surface area contributed by atoms with Crippen LogP contribution in [0, 0.1) is 0 Å². The quantitative estimate of drug-likeness (QED) is 0.523. The highest BCUT2D eigenvalue weighted by Crippen LogP contribution is 2.35. The Morgan fingerprint density at radius 3 is 2.00 bits per heavy atom. The fourth-order valence-corrected chi connectivity index (χ4v) is 6.11. The number of hydrogen-bond acceptors (Lipinski definition) is 5. The minimum absolute atomic E-state index is 0.0276. The van der Waals surface area contributed by atoms with Crippen molar-refractivity contribution < 1.29 is 14.3 Å². The van der Waals surface area contributed by atoms with Crippen molar-refractivity contribution in [1.29, 1.82) is 0 Å². The highest BCUT2D eigenvalue weighted by Gasteiger charge is 2.31. The van der Waals surface area contributed by atoms with Crippen LogP contribution in [0.15, 0.2) is 60.7 Å². The van der Waals surface area contributed by atoms with Gasteiger partial charge in [-0.2, -0.15) is 0 Å². The standard InChI is InChI=1S/C23H28O3S2/c1-18(24)23(26-17-20-11-6-3-7-12-20)21(15-22-27-13-8-14-28-22)25-16-19-9-4-2-5-10-19/h2-7,9-12,21-23H,8,13-17H2,1H3. The number of ketones is 1. The van der Waals surface area contributed by atoms with E-state index in [2.05, 4.69) is 12.1 Å². The molecule has 0 saturated carbocycles. The molecule has 3 rings (SSSR count). The zero-order chi connectivity index (χ0) is 19.6. The molecule has 2 unspecified atom stereocenters. The SMILES string of the molecule is CC(=O)C(OCc1ccccc1)C(CC1SCCCS1)OCc1ccccc1. The Morgan fingerprint density at radius 1 is 0.929 bits per heavy atom. The van der Waals surface area contributed by atoms with Crippen molar-refractivity contribution in [3.63, 3.8) is 0 Å². The molecule has 0 N–H and O–H groups in total. The predicted octanol–water partition coefficient (Wildman–Crippen LogP) is 5.33. The lowest BCUT2D eigenvalue weighted by molar-refractivity contribution is -0.143. The van der Waals surface area contributed by atoms with E-state index in [9.17, 15) is 4.79 Å². The summed E-state index contributed by atoms with van der Waals surface area (Å²) >= 11 is 3.95. The third-order valence-electron chi connectivity index (χ3n) is 4.64. The van der Waals surface area contributed by atoms with Crippen LogP contribution in [0.5, 0.6) is 0 Å². The van der Waals surface area contributed by atoms with Crippen LogP contribution in [0.1, 0.15) is 30.9 Å². The first kappa shape index (κ1) is 21.4. The van der Waals surface area contributed by atoms with Crippen LogP contribution in [0.4, 0.5) is 0 Å². The molecule has 1 aliphatic heterocycles. The van der Waals surface area contributed by atoms with E-state index >= 15 is 0 Å². The Bertz CT molecular complexity index is 702. The molecule has 0 amide bonds.